The monoisotopic (exact) mass is 388 g/mol. The molecule has 1 atom stereocenters. The quantitative estimate of drug-likeness (QED) is 0.692. The first kappa shape index (κ1) is 14.6. The van der Waals surface area contributed by atoms with Crippen LogP contribution in [0.5, 0.6) is 5.75 Å². The summed E-state index contributed by atoms with van der Waals surface area (Å²) in [5.74, 6) is 1.03. The first-order valence-corrected chi connectivity index (χ1v) is 8.73. The van der Waals surface area contributed by atoms with Crippen LogP contribution in [0.15, 0.2) is 52.1 Å². The Morgan fingerprint density at radius 1 is 1.17 bits per heavy atom. The van der Waals surface area contributed by atoms with Crippen LogP contribution in [0.1, 0.15) is 16.5 Å². The van der Waals surface area contributed by atoms with E-state index in [-0.39, 0.29) is 11.1 Å². The lowest BCUT2D eigenvalue weighted by Crippen LogP contribution is -2.14. The number of aromatic nitrogens is 3. The van der Waals surface area contributed by atoms with Crippen molar-refractivity contribution in [2.45, 2.75) is 17.5 Å². The molecule has 1 aliphatic rings. The Morgan fingerprint density at radius 2 is 1.96 bits per heavy atom. The van der Waals surface area contributed by atoms with Crippen LogP contribution < -0.4 is 5.43 Å². The van der Waals surface area contributed by atoms with Gasteiger partial charge in [-0.25, -0.2) is 4.68 Å². The molecule has 0 aliphatic carbocycles. The summed E-state index contributed by atoms with van der Waals surface area (Å²) in [6.07, 6.45) is 0. The van der Waals surface area contributed by atoms with Crippen molar-refractivity contribution in [3.8, 4) is 17.1 Å². The van der Waals surface area contributed by atoms with Crippen molar-refractivity contribution < 1.29 is 5.11 Å². The minimum Gasteiger partial charge on any atom is -0.508 e. The van der Waals surface area contributed by atoms with E-state index in [9.17, 15) is 5.11 Å². The van der Waals surface area contributed by atoms with Crippen LogP contribution in [-0.2, 0) is 0 Å². The third-order valence-corrected chi connectivity index (χ3v) is 5.25. The fourth-order valence-corrected chi connectivity index (χ4v) is 3.87. The van der Waals surface area contributed by atoms with Gasteiger partial charge in [-0.1, -0.05) is 57.5 Å². The second kappa shape index (κ2) is 5.58. The first-order valence-electron chi connectivity index (χ1n) is 7.06. The van der Waals surface area contributed by atoms with E-state index in [0.29, 0.717) is 0 Å². The summed E-state index contributed by atoms with van der Waals surface area (Å²) in [5.41, 5.74) is 6.37. The lowest BCUT2D eigenvalue weighted by atomic mass is 10.1. The molecule has 0 fully saturated rings. The lowest BCUT2D eigenvalue weighted by molar-refractivity contribution is 0.468. The molecule has 7 heteroatoms. The molecular formula is C16H13BrN4OS. The van der Waals surface area contributed by atoms with Crippen molar-refractivity contribution in [1.82, 2.24) is 14.9 Å². The van der Waals surface area contributed by atoms with Crippen molar-refractivity contribution in [1.29, 1.82) is 0 Å². The second-order valence-electron chi connectivity index (χ2n) is 5.34. The maximum Gasteiger partial charge on any atom is 0.212 e. The molecule has 0 bridgehead atoms. The molecule has 0 unspecified atom stereocenters. The SMILES string of the molecule is Cc1ccc(-c2nnc3n2N[C@@H](c2cc(Br)ccc2O)S3)cc1. The predicted molar refractivity (Wildman–Crippen MR) is 94.0 cm³/mol. The van der Waals surface area contributed by atoms with Gasteiger partial charge in [0, 0.05) is 15.6 Å². The van der Waals surface area contributed by atoms with Gasteiger partial charge in [0.25, 0.3) is 0 Å². The smallest absolute Gasteiger partial charge is 0.212 e. The van der Waals surface area contributed by atoms with E-state index in [1.165, 1.54) is 17.3 Å². The summed E-state index contributed by atoms with van der Waals surface area (Å²) >= 11 is 4.97. The Kier molecular flexibility index (Phi) is 3.54. The van der Waals surface area contributed by atoms with Gasteiger partial charge in [0.05, 0.1) is 0 Å². The van der Waals surface area contributed by atoms with Crippen molar-refractivity contribution >= 4 is 27.7 Å². The summed E-state index contributed by atoms with van der Waals surface area (Å²) < 4.78 is 2.80. The summed E-state index contributed by atoms with van der Waals surface area (Å²) in [7, 11) is 0. The number of thioether (sulfide) groups is 1. The third-order valence-electron chi connectivity index (χ3n) is 3.68. The van der Waals surface area contributed by atoms with Gasteiger partial charge in [0.1, 0.15) is 11.1 Å². The minimum absolute atomic E-state index is 0.109. The molecule has 0 radical (unpaired) electrons. The molecule has 116 valence electrons. The first-order chi connectivity index (χ1) is 11.1. The Hall–Kier alpha value is -1.99. The van der Waals surface area contributed by atoms with Gasteiger partial charge in [-0.05, 0) is 25.1 Å². The van der Waals surface area contributed by atoms with Crippen LogP contribution in [0, 0.1) is 6.92 Å². The van der Waals surface area contributed by atoms with Gasteiger partial charge in [0.2, 0.25) is 5.16 Å². The summed E-state index contributed by atoms with van der Waals surface area (Å²) in [6, 6.07) is 13.6. The summed E-state index contributed by atoms with van der Waals surface area (Å²) in [4.78, 5) is 0. The van der Waals surface area contributed by atoms with Crippen LogP contribution in [0.2, 0.25) is 0 Å². The molecule has 0 spiro atoms. The molecule has 1 aromatic heterocycles. The molecule has 2 aromatic carbocycles. The lowest BCUT2D eigenvalue weighted by Gasteiger charge is -2.14. The van der Waals surface area contributed by atoms with E-state index < -0.39 is 0 Å². The van der Waals surface area contributed by atoms with Crippen molar-refractivity contribution in [3.63, 3.8) is 0 Å². The number of hydrogen-bond acceptors (Lipinski definition) is 5. The van der Waals surface area contributed by atoms with Gasteiger partial charge in [-0.2, -0.15) is 0 Å². The van der Waals surface area contributed by atoms with Gasteiger partial charge in [-0.15, -0.1) is 10.2 Å². The molecule has 23 heavy (non-hydrogen) atoms. The number of aromatic hydroxyl groups is 1. The second-order valence-corrected chi connectivity index (χ2v) is 7.33. The van der Waals surface area contributed by atoms with Crippen LogP contribution >= 0.6 is 27.7 Å². The average molecular weight is 389 g/mol. The van der Waals surface area contributed by atoms with Crippen molar-refractivity contribution in [3.05, 3.63) is 58.1 Å². The van der Waals surface area contributed by atoms with E-state index in [1.54, 1.807) is 6.07 Å². The highest BCUT2D eigenvalue weighted by Crippen LogP contribution is 2.43. The highest BCUT2D eigenvalue weighted by Gasteiger charge is 2.29. The topological polar surface area (TPSA) is 63.0 Å². The normalized spacial score (nSPS) is 16.2. The molecular weight excluding hydrogens is 376 g/mol. The Morgan fingerprint density at radius 3 is 2.74 bits per heavy atom. The van der Waals surface area contributed by atoms with Crippen LogP contribution in [0.4, 0.5) is 0 Å². The average Bonchev–Trinajstić information content (AvgIpc) is 3.11. The van der Waals surface area contributed by atoms with E-state index in [2.05, 4.69) is 50.6 Å². The van der Waals surface area contributed by atoms with Crippen LogP contribution in [0.3, 0.4) is 0 Å². The number of phenolic OH excluding ortho intramolecular Hbond substituents is 1. The minimum atomic E-state index is -0.109. The van der Waals surface area contributed by atoms with Crippen molar-refractivity contribution in [2.75, 3.05) is 5.43 Å². The maximum absolute atomic E-state index is 10.1. The van der Waals surface area contributed by atoms with Gasteiger partial charge < -0.3 is 10.5 Å². The van der Waals surface area contributed by atoms with E-state index in [4.69, 9.17) is 0 Å². The van der Waals surface area contributed by atoms with E-state index in [1.807, 2.05) is 28.9 Å². The molecule has 0 saturated heterocycles. The van der Waals surface area contributed by atoms with E-state index in [0.717, 1.165) is 26.6 Å². The summed E-state index contributed by atoms with van der Waals surface area (Å²) in [5, 5.41) is 19.3. The molecule has 5 nitrogen and oxygen atoms in total. The fourth-order valence-electron chi connectivity index (χ4n) is 2.47. The Balaban J connectivity index is 1.68. The number of phenols is 1. The summed E-state index contributed by atoms with van der Waals surface area (Å²) in [6.45, 7) is 2.05. The Labute approximate surface area is 145 Å². The van der Waals surface area contributed by atoms with Crippen LogP contribution in [-0.4, -0.2) is 20.0 Å². The van der Waals surface area contributed by atoms with Crippen molar-refractivity contribution in [2.24, 2.45) is 0 Å². The maximum atomic E-state index is 10.1. The van der Waals surface area contributed by atoms with Gasteiger partial charge in [0.15, 0.2) is 5.82 Å². The zero-order chi connectivity index (χ0) is 16.0. The molecule has 2 N–H and O–H groups in total. The number of benzene rings is 2. The number of aryl methyl sites for hydroxylation is 1. The standard InChI is InChI=1S/C16H13BrN4OS/c1-9-2-4-10(5-3-9)14-18-19-16-21(14)20-15(23-16)12-8-11(17)6-7-13(12)22/h2-8,15,20,22H,1H3/t15-/m1/s1. The molecule has 0 amide bonds. The molecule has 3 aromatic rings. The number of nitrogens with one attached hydrogen (secondary N) is 1. The molecule has 0 saturated carbocycles. The Bertz CT molecular complexity index is 878. The third kappa shape index (κ3) is 2.60. The molecule has 1 aliphatic heterocycles. The highest BCUT2D eigenvalue weighted by molar-refractivity contribution is 9.10. The number of fused-ring (bicyclic) bond motifs is 1. The highest BCUT2D eigenvalue weighted by atomic mass is 79.9. The van der Waals surface area contributed by atoms with Crippen LogP contribution in [0.25, 0.3) is 11.4 Å². The van der Waals surface area contributed by atoms with Gasteiger partial charge >= 0.3 is 0 Å². The number of hydrogen-bond donors (Lipinski definition) is 2. The van der Waals surface area contributed by atoms with Gasteiger partial charge in [-0.3, -0.25) is 0 Å². The fraction of sp³-hybridized carbons (Fsp3) is 0.125. The zero-order valence-corrected chi connectivity index (χ0v) is 14.6. The molecule has 2 heterocycles. The number of rotatable bonds is 2. The largest absolute Gasteiger partial charge is 0.508 e. The van der Waals surface area contributed by atoms with E-state index >= 15 is 0 Å². The number of nitrogens with zero attached hydrogens (tertiary/aromatic N) is 3. The zero-order valence-electron chi connectivity index (χ0n) is 12.2. The number of halogens is 1. The predicted octanol–water partition coefficient (Wildman–Crippen LogP) is 4.07. The molecule has 4 rings (SSSR count).